The molecule has 0 amide bonds. The van der Waals surface area contributed by atoms with Gasteiger partial charge in [-0.2, -0.15) is 0 Å². The summed E-state index contributed by atoms with van der Waals surface area (Å²) in [5.41, 5.74) is 2.08. The molecule has 2 aromatic carbocycles. The van der Waals surface area contributed by atoms with Crippen LogP contribution >= 0.6 is 0 Å². The van der Waals surface area contributed by atoms with Crippen LogP contribution in [0.2, 0.25) is 0 Å². The third-order valence-corrected chi connectivity index (χ3v) is 5.97. The number of piperidine rings is 1. The van der Waals surface area contributed by atoms with Crippen molar-refractivity contribution in [2.24, 2.45) is 11.8 Å². The van der Waals surface area contributed by atoms with E-state index in [9.17, 15) is 4.79 Å². The van der Waals surface area contributed by atoms with E-state index in [4.69, 9.17) is 18.9 Å². The van der Waals surface area contributed by atoms with E-state index in [0.717, 1.165) is 11.1 Å². The highest BCUT2D eigenvalue weighted by molar-refractivity contribution is 5.84. The van der Waals surface area contributed by atoms with E-state index in [-0.39, 0.29) is 29.7 Å². The Morgan fingerprint density at radius 1 is 0.655 bits per heavy atom. The van der Waals surface area contributed by atoms with E-state index in [0.29, 0.717) is 23.0 Å². The Labute approximate surface area is 172 Å². The molecular formula is C23H30NO5+. The monoisotopic (exact) mass is 400 g/mol. The van der Waals surface area contributed by atoms with E-state index in [1.54, 1.807) is 28.4 Å². The van der Waals surface area contributed by atoms with Crippen LogP contribution in [0.25, 0.3) is 0 Å². The summed E-state index contributed by atoms with van der Waals surface area (Å²) in [7, 11) is 6.47. The first-order valence-electron chi connectivity index (χ1n) is 9.77. The van der Waals surface area contributed by atoms with Crippen molar-refractivity contribution in [2.75, 3.05) is 28.4 Å². The fourth-order valence-electron chi connectivity index (χ4n) is 4.25. The lowest BCUT2D eigenvalue weighted by atomic mass is 9.76. The van der Waals surface area contributed by atoms with Crippen molar-refractivity contribution in [2.45, 2.75) is 25.9 Å². The number of hydrogen-bond acceptors (Lipinski definition) is 5. The molecule has 0 aliphatic carbocycles. The van der Waals surface area contributed by atoms with Crippen LogP contribution in [-0.4, -0.2) is 34.2 Å². The van der Waals surface area contributed by atoms with E-state index in [1.807, 2.05) is 50.2 Å². The van der Waals surface area contributed by atoms with Gasteiger partial charge in [-0.05, 0) is 50.2 Å². The average molecular weight is 400 g/mol. The van der Waals surface area contributed by atoms with Crippen LogP contribution in [0.4, 0.5) is 0 Å². The molecule has 2 N–H and O–H groups in total. The van der Waals surface area contributed by atoms with Crippen LogP contribution in [0.3, 0.4) is 0 Å². The van der Waals surface area contributed by atoms with Gasteiger partial charge in [-0.3, -0.25) is 4.79 Å². The molecule has 0 aromatic heterocycles. The van der Waals surface area contributed by atoms with E-state index >= 15 is 0 Å². The second kappa shape index (κ2) is 8.74. The fraction of sp³-hybridized carbons (Fsp3) is 0.435. The highest BCUT2D eigenvalue weighted by Gasteiger charge is 2.44. The molecule has 4 atom stereocenters. The quantitative estimate of drug-likeness (QED) is 0.807. The minimum Gasteiger partial charge on any atom is -0.493 e. The number of quaternary nitrogens is 1. The standard InChI is InChI=1S/C23H29NO5/c1-13-21(15-7-9-17(26-3)19(11-15)28-5)24-22(14(2)23(13)25)16-8-10-18(27-4)20(12-16)29-6/h7-14,21-22,24H,1-6H3/p+1/t13-,14-,21-,22-/m0/s1. The number of methoxy groups -OCH3 is 4. The lowest BCUT2D eigenvalue weighted by molar-refractivity contribution is -0.748. The van der Waals surface area contributed by atoms with Gasteiger partial charge in [0, 0.05) is 11.1 Å². The Bertz CT molecular complexity index is 812. The third-order valence-electron chi connectivity index (χ3n) is 5.97. The predicted molar refractivity (Wildman–Crippen MR) is 110 cm³/mol. The van der Waals surface area contributed by atoms with E-state index < -0.39 is 0 Å². The lowest BCUT2D eigenvalue weighted by Gasteiger charge is -2.36. The van der Waals surface area contributed by atoms with Crippen LogP contribution in [0.5, 0.6) is 23.0 Å². The second-order valence-electron chi connectivity index (χ2n) is 7.45. The second-order valence-corrected chi connectivity index (χ2v) is 7.45. The first-order chi connectivity index (χ1) is 13.9. The highest BCUT2D eigenvalue weighted by atomic mass is 16.5. The SMILES string of the molecule is COc1ccc([C@H]2[NH2+][C@H](c3ccc(OC)c(OC)c3)[C@H](C)C(=O)[C@H]2C)cc1OC. The zero-order valence-electron chi connectivity index (χ0n) is 17.9. The number of hydrogen-bond donors (Lipinski definition) is 1. The molecule has 1 saturated heterocycles. The molecule has 1 aliphatic heterocycles. The number of carbonyl (C=O) groups excluding carboxylic acids is 1. The molecule has 0 radical (unpaired) electrons. The zero-order chi connectivity index (χ0) is 21.1. The van der Waals surface area contributed by atoms with Crippen LogP contribution in [-0.2, 0) is 4.79 Å². The van der Waals surface area contributed by atoms with Gasteiger partial charge in [-0.1, -0.05) is 0 Å². The first-order valence-corrected chi connectivity index (χ1v) is 9.77. The van der Waals surface area contributed by atoms with Crippen LogP contribution in [0.15, 0.2) is 36.4 Å². The van der Waals surface area contributed by atoms with Crippen molar-refractivity contribution in [3.63, 3.8) is 0 Å². The number of ether oxygens (including phenoxy) is 4. The largest absolute Gasteiger partial charge is 0.493 e. The molecule has 156 valence electrons. The van der Waals surface area contributed by atoms with Crippen molar-refractivity contribution >= 4 is 5.78 Å². The fourth-order valence-corrected chi connectivity index (χ4v) is 4.25. The van der Waals surface area contributed by atoms with Gasteiger partial charge in [0.25, 0.3) is 0 Å². The summed E-state index contributed by atoms with van der Waals surface area (Å²) in [6.45, 7) is 4.00. The Morgan fingerprint density at radius 3 is 1.38 bits per heavy atom. The van der Waals surface area contributed by atoms with Crippen molar-refractivity contribution in [1.29, 1.82) is 0 Å². The molecule has 6 heteroatoms. The summed E-state index contributed by atoms with van der Waals surface area (Å²) in [5, 5.41) is 2.28. The first kappa shape index (κ1) is 21.0. The van der Waals surface area contributed by atoms with Crippen molar-refractivity contribution < 1.29 is 29.1 Å². The van der Waals surface area contributed by atoms with Gasteiger partial charge in [0.1, 0.15) is 12.1 Å². The van der Waals surface area contributed by atoms with Gasteiger partial charge >= 0.3 is 0 Å². The van der Waals surface area contributed by atoms with E-state index in [1.165, 1.54) is 0 Å². The Morgan fingerprint density at radius 2 is 1.03 bits per heavy atom. The van der Waals surface area contributed by atoms with Crippen molar-refractivity contribution in [3.8, 4) is 23.0 Å². The molecule has 0 bridgehead atoms. The number of rotatable bonds is 6. The maximum absolute atomic E-state index is 13.1. The molecule has 29 heavy (non-hydrogen) atoms. The Balaban J connectivity index is 1.98. The van der Waals surface area contributed by atoms with Crippen LogP contribution in [0.1, 0.15) is 37.1 Å². The van der Waals surface area contributed by atoms with Gasteiger partial charge in [0.15, 0.2) is 28.8 Å². The summed E-state index contributed by atoms with van der Waals surface area (Å²) in [6.07, 6.45) is 0. The smallest absolute Gasteiger partial charge is 0.161 e. The molecule has 0 unspecified atom stereocenters. The van der Waals surface area contributed by atoms with Crippen molar-refractivity contribution in [1.82, 2.24) is 0 Å². The van der Waals surface area contributed by atoms with Crippen molar-refractivity contribution in [3.05, 3.63) is 47.5 Å². The molecule has 6 nitrogen and oxygen atoms in total. The molecule has 2 aromatic rings. The molecule has 0 saturated carbocycles. The van der Waals surface area contributed by atoms with Crippen LogP contribution in [0, 0.1) is 11.8 Å². The molecular weight excluding hydrogens is 370 g/mol. The molecule has 3 rings (SSSR count). The normalized spacial score (nSPS) is 24.1. The minimum absolute atomic E-state index is 0.0170. The zero-order valence-corrected chi connectivity index (χ0v) is 17.9. The van der Waals surface area contributed by atoms with Gasteiger partial charge in [-0.15, -0.1) is 0 Å². The maximum atomic E-state index is 13.1. The number of Topliss-reactive ketones (excluding diaryl/α,β-unsaturated/α-hetero) is 1. The topological polar surface area (TPSA) is 70.6 Å². The summed E-state index contributed by atoms with van der Waals surface area (Å²) >= 11 is 0. The molecule has 0 spiro atoms. The molecule has 1 aliphatic rings. The molecule has 1 fully saturated rings. The predicted octanol–water partition coefficient (Wildman–Crippen LogP) is 2.92. The lowest BCUT2D eigenvalue weighted by Crippen LogP contribution is -2.91. The van der Waals surface area contributed by atoms with Gasteiger partial charge in [0.05, 0.1) is 40.3 Å². The van der Waals surface area contributed by atoms with Crippen LogP contribution < -0.4 is 24.3 Å². The molecule has 1 heterocycles. The summed E-state index contributed by atoms with van der Waals surface area (Å²) in [5.74, 6) is 2.72. The van der Waals surface area contributed by atoms with Gasteiger partial charge < -0.3 is 24.3 Å². The van der Waals surface area contributed by atoms with Gasteiger partial charge in [-0.25, -0.2) is 0 Å². The number of nitrogens with two attached hydrogens (primary N) is 1. The number of carbonyl (C=O) groups is 1. The van der Waals surface area contributed by atoms with E-state index in [2.05, 4.69) is 5.32 Å². The summed E-state index contributed by atoms with van der Waals surface area (Å²) in [4.78, 5) is 13.1. The Kier molecular flexibility index (Phi) is 6.33. The van der Waals surface area contributed by atoms with Gasteiger partial charge in [0.2, 0.25) is 0 Å². The maximum Gasteiger partial charge on any atom is 0.161 e. The highest BCUT2D eigenvalue weighted by Crippen LogP contribution is 2.38. The minimum atomic E-state index is -0.112. The Hall–Kier alpha value is -2.73. The average Bonchev–Trinajstić information content (AvgIpc) is 2.76. The number of ketones is 1. The number of benzene rings is 2. The third kappa shape index (κ3) is 3.90. The summed E-state index contributed by atoms with van der Waals surface area (Å²) < 4.78 is 21.6. The summed E-state index contributed by atoms with van der Waals surface area (Å²) in [6, 6.07) is 11.7.